The van der Waals surface area contributed by atoms with Gasteiger partial charge in [0.05, 0.1) is 6.61 Å². The molecule has 0 aliphatic carbocycles. The van der Waals surface area contributed by atoms with E-state index in [1.165, 1.54) is 12.8 Å². The van der Waals surface area contributed by atoms with Crippen LogP contribution in [0.3, 0.4) is 0 Å². The highest BCUT2D eigenvalue weighted by Crippen LogP contribution is 2.33. The molecule has 2 aliphatic heterocycles. The molecule has 0 bridgehead atoms. The van der Waals surface area contributed by atoms with Crippen LogP contribution in [0.15, 0.2) is 0 Å². The molecule has 0 aromatic heterocycles. The summed E-state index contributed by atoms with van der Waals surface area (Å²) in [6.07, 6.45) is 4.06. The number of carboxylic acids is 1. The van der Waals surface area contributed by atoms with Crippen LogP contribution in [0.5, 0.6) is 0 Å². The minimum Gasteiger partial charge on any atom is -0.481 e. The van der Waals surface area contributed by atoms with E-state index >= 15 is 0 Å². The van der Waals surface area contributed by atoms with Crippen LogP contribution < -0.4 is 0 Å². The lowest BCUT2D eigenvalue weighted by Gasteiger charge is -2.44. The van der Waals surface area contributed by atoms with E-state index in [1.807, 2.05) is 0 Å². The molecule has 0 amide bonds. The third-order valence-electron chi connectivity index (χ3n) is 4.79. The fourth-order valence-electron chi connectivity index (χ4n) is 3.25. The Morgan fingerprint density at radius 2 is 2.22 bits per heavy atom. The number of nitrogens with zero attached hydrogens (tertiary/aromatic N) is 1. The van der Waals surface area contributed by atoms with Crippen molar-refractivity contribution in [2.75, 3.05) is 26.3 Å². The van der Waals surface area contributed by atoms with Crippen LogP contribution in [0, 0.1) is 11.3 Å². The summed E-state index contributed by atoms with van der Waals surface area (Å²) in [4.78, 5) is 14.0. The molecule has 104 valence electrons. The average molecular weight is 255 g/mol. The lowest BCUT2D eigenvalue weighted by molar-refractivity contribution is -0.160. The molecule has 0 saturated carbocycles. The third-order valence-corrected chi connectivity index (χ3v) is 4.79. The molecule has 18 heavy (non-hydrogen) atoms. The Balaban J connectivity index is 2.06. The van der Waals surface area contributed by atoms with Crippen molar-refractivity contribution in [3.63, 3.8) is 0 Å². The number of hydrogen-bond acceptors (Lipinski definition) is 3. The van der Waals surface area contributed by atoms with Gasteiger partial charge in [0, 0.05) is 19.2 Å². The first-order valence-corrected chi connectivity index (χ1v) is 7.10. The first-order valence-electron chi connectivity index (χ1n) is 7.10. The predicted molar refractivity (Wildman–Crippen MR) is 69.6 cm³/mol. The number of aliphatic carboxylic acids is 1. The topological polar surface area (TPSA) is 49.8 Å². The van der Waals surface area contributed by atoms with Gasteiger partial charge in [-0.2, -0.15) is 0 Å². The minimum absolute atomic E-state index is 0.375. The maximum absolute atomic E-state index is 11.6. The van der Waals surface area contributed by atoms with Gasteiger partial charge < -0.3 is 9.84 Å². The summed E-state index contributed by atoms with van der Waals surface area (Å²) >= 11 is 0. The van der Waals surface area contributed by atoms with Gasteiger partial charge in [-0.1, -0.05) is 6.92 Å². The van der Waals surface area contributed by atoms with Crippen molar-refractivity contribution in [3.05, 3.63) is 0 Å². The zero-order valence-corrected chi connectivity index (χ0v) is 11.5. The number of carboxylic acid groups (broad SMARTS) is 1. The molecule has 0 aromatic rings. The molecular weight excluding hydrogens is 230 g/mol. The van der Waals surface area contributed by atoms with Crippen molar-refractivity contribution in [2.24, 2.45) is 11.3 Å². The normalized spacial score (nSPS) is 38.6. The first kappa shape index (κ1) is 13.8. The number of carbonyl (C=O) groups is 1. The van der Waals surface area contributed by atoms with Gasteiger partial charge >= 0.3 is 5.97 Å². The average Bonchev–Trinajstić information content (AvgIpc) is 2.36. The van der Waals surface area contributed by atoms with Gasteiger partial charge in [-0.25, -0.2) is 0 Å². The molecular formula is C14H25NO3. The molecule has 4 heteroatoms. The molecule has 2 heterocycles. The fourth-order valence-corrected chi connectivity index (χ4v) is 3.25. The van der Waals surface area contributed by atoms with Gasteiger partial charge in [-0.05, 0) is 45.1 Å². The second-order valence-electron chi connectivity index (χ2n) is 6.07. The number of hydrogen-bond donors (Lipinski definition) is 1. The molecule has 0 spiro atoms. The number of ether oxygens (including phenoxy) is 1. The van der Waals surface area contributed by atoms with Crippen LogP contribution in [-0.2, 0) is 9.53 Å². The van der Waals surface area contributed by atoms with E-state index in [4.69, 9.17) is 4.74 Å². The van der Waals surface area contributed by atoms with Crippen LogP contribution in [0.25, 0.3) is 0 Å². The molecule has 2 aliphatic rings. The van der Waals surface area contributed by atoms with Crippen molar-refractivity contribution in [2.45, 2.75) is 45.6 Å². The van der Waals surface area contributed by atoms with E-state index in [2.05, 4.69) is 18.7 Å². The quantitative estimate of drug-likeness (QED) is 0.838. The van der Waals surface area contributed by atoms with E-state index < -0.39 is 11.4 Å². The number of rotatable bonds is 3. The van der Waals surface area contributed by atoms with E-state index in [0.29, 0.717) is 31.7 Å². The zero-order valence-electron chi connectivity index (χ0n) is 11.5. The molecule has 1 N–H and O–H groups in total. The second-order valence-corrected chi connectivity index (χ2v) is 6.07. The standard InChI is InChI=1S/C14H25NO3/c1-11-5-3-7-15(12(11)2)9-14(13(16)17)6-4-8-18-10-14/h11-12H,3-10H2,1-2H3,(H,16,17). The van der Waals surface area contributed by atoms with Gasteiger partial charge in [0.1, 0.15) is 5.41 Å². The van der Waals surface area contributed by atoms with Gasteiger partial charge in [-0.15, -0.1) is 0 Å². The summed E-state index contributed by atoms with van der Waals surface area (Å²) < 4.78 is 5.44. The Bertz CT molecular complexity index is 299. The summed E-state index contributed by atoms with van der Waals surface area (Å²) in [5.74, 6) is -0.0262. The third kappa shape index (κ3) is 2.69. The van der Waals surface area contributed by atoms with Crippen LogP contribution in [-0.4, -0.2) is 48.3 Å². The smallest absolute Gasteiger partial charge is 0.313 e. The molecule has 3 unspecified atom stereocenters. The summed E-state index contributed by atoms with van der Waals surface area (Å²) in [6.45, 7) is 7.25. The summed E-state index contributed by atoms with van der Waals surface area (Å²) in [7, 11) is 0. The molecule has 2 fully saturated rings. The Morgan fingerprint density at radius 3 is 2.83 bits per heavy atom. The summed E-state index contributed by atoms with van der Waals surface area (Å²) in [5.41, 5.74) is -0.677. The van der Waals surface area contributed by atoms with Gasteiger partial charge in [-0.3, -0.25) is 9.69 Å². The SMILES string of the molecule is CC1CCCN(CC2(C(=O)O)CCCOC2)C1C. The highest BCUT2D eigenvalue weighted by atomic mass is 16.5. The maximum Gasteiger partial charge on any atom is 0.313 e. The Morgan fingerprint density at radius 1 is 1.44 bits per heavy atom. The highest BCUT2D eigenvalue weighted by Gasteiger charge is 2.43. The second kappa shape index (κ2) is 5.57. The van der Waals surface area contributed by atoms with Gasteiger partial charge in [0.2, 0.25) is 0 Å². The summed E-state index contributed by atoms with van der Waals surface area (Å²) in [6, 6.07) is 0.483. The highest BCUT2D eigenvalue weighted by molar-refractivity contribution is 5.75. The lowest BCUT2D eigenvalue weighted by atomic mass is 9.80. The Hall–Kier alpha value is -0.610. The Kier molecular flexibility index (Phi) is 4.28. The Labute approximate surface area is 109 Å². The molecule has 0 aromatic carbocycles. The van der Waals surface area contributed by atoms with Crippen molar-refractivity contribution >= 4 is 5.97 Å². The van der Waals surface area contributed by atoms with Crippen molar-refractivity contribution in [1.29, 1.82) is 0 Å². The fraction of sp³-hybridized carbons (Fsp3) is 0.929. The van der Waals surface area contributed by atoms with Crippen molar-refractivity contribution in [1.82, 2.24) is 4.90 Å². The molecule has 4 nitrogen and oxygen atoms in total. The monoisotopic (exact) mass is 255 g/mol. The van der Waals surface area contributed by atoms with E-state index in [1.54, 1.807) is 0 Å². The lowest BCUT2D eigenvalue weighted by Crippen LogP contribution is -2.53. The van der Waals surface area contributed by atoms with E-state index in [0.717, 1.165) is 19.4 Å². The zero-order chi connectivity index (χ0) is 13.2. The molecule has 2 saturated heterocycles. The number of likely N-dealkylation sites (tertiary alicyclic amines) is 1. The molecule has 2 rings (SSSR count). The van der Waals surface area contributed by atoms with Crippen molar-refractivity contribution < 1.29 is 14.6 Å². The van der Waals surface area contributed by atoms with Crippen LogP contribution >= 0.6 is 0 Å². The first-order chi connectivity index (χ1) is 8.55. The maximum atomic E-state index is 11.6. The predicted octanol–water partition coefficient (Wildman–Crippen LogP) is 1.99. The summed E-state index contributed by atoms with van der Waals surface area (Å²) in [5, 5.41) is 9.56. The van der Waals surface area contributed by atoms with Crippen LogP contribution in [0.2, 0.25) is 0 Å². The van der Waals surface area contributed by atoms with Crippen molar-refractivity contribution in [3.8, 4) is 0 Å². The van der Waals surface area contributed by atoms with Crippen LogP contribution in [0.1, 0.15) is 39.5 Å². The van der Waals surface area contributed by atoms with Gasteiger partial charge in [0.25, 0.3) is 0 Å². The molecule has 3 atom stereocenters. The largest absolute Gasteiger partial charge is 0.481 e. The van der Waals surface area contributed by atoms with E-state index in [9.17, 15) is 9.90 Å². The number of piperidine rings is 1. The minimum atomic E-state index is -0.687. The van der Waals surface area contributed by atoms with Gasteiger partial charge in [0.15, 0.2) is 0 Å². The molecule has 0 radical (unpaired) electrons. The van der Waals surface area contributed by atoms with Crippen LogP contribution in [0.4, 0.5) is 0 Å². The van der Waals surface area contributed by atoms with E-state index in [-0.39, 0.29) is 0 Å².